The van der Waals surface area contributed by atoms with Gasteiger partial charge in [-0.05, 0) is 27.2 Å². The third-order valence-corrected chi connectivity index (χ3v) is 5.01. The van der Waals surface area contributed by atoms with Gasteiger partial charge >= 0.3 is 0 Å². The van der Waals surface area contributed by atoms with Gasteiger partial charge in [0.1, 0.15) is 0 Å². The van der Waals surface area contributed by atoms with E-state index in [1.54, 1.807) is 11.3 Å². The van der Waals surface area contributed by atoms with Gasteiger partial charge in [0.2, 0.25) is 0 Å². The SMILES string of the molecule is CCc1nc(CCNCc2c(C)nn(CCO)c2C)sc1C. The van der Waals surface area contributed by atoms with Crippen molar-refractivity contribution >= 4 is 11.3 Å². The number of nitrogens with zero attached hydrogens (tertiary/aromatic N) is 3. The van der Waals surface area contributed by atoms with Gasteiger partial charge in [-0.15, -0.1) is 11.3 Å². The molecule has 5 nitrogen and oxygen atoms in total. The Hall–Kier alpha value is -1.24. The van der Waals surface area contributed by atoms with E-state index in [0.717, 1.165) is 37.3 Å². The summed E-state index contributed by atoms with van der Waals surface area (Å²) in [6.07, 6.45) is 1.98. The molecule has 0 aliphatic carbocycles. The maximum atomic E-state index is 9.05. The Bertz CT molecular complexity index is 618. The summed E-state index contributed by atoms with van der Waals surface area (Å²) >= 11 is 1.81. The standard InChI is InChI=1S/C16H26N4OS/c1-5-15-13(4)22-16(18-15)6-7-17-10-14-11(2)19-20(8-9-21)12(14)3/h17,21H,5-10H2,1-4H3. The number of hydrogen-bond donors (Lipinski definition) is 2. The summed E-state index contributed by atoms with van der Waals surface area (Å²) in [5.41, 5.74) is 4.64. The molecule has 2 N–H and O–H groups in total. The molecule has 2 aromatic heterocycles. The van der Waals surface area contributed by atoms with Crippen molar-refractivity contribution in [1.29, 1.82) is 0 Å². The monoisotopic (exact) mass is 322 g/mol. The van der Waals surface area contributed by atoms with Gasteiger partial charge in [0.05, 0.1) is 29.5 Å². The van der Waals surface area contributed by atoms with E-state index in [4.69, 9.17) is 5.11 Å². The molecule has 0 unspecified atom stereocenters. The molecule has 6 heteroatoms. The van der Waals surface area contributed by atoms with E-state index in [-0.39, 0.29) is 6.61 Å². The molecule has 122 valence electrons. The summed E-state index contributed by atoms with van der Waals surface area (Å²) in [7, 11) is 0. The molecule has 0 aliphatic heterocycles. The minimum Gasteiger partial charge on any atom is -0.394 e. The van der Waals surface area contributed by atoms with Crippen molar-refractivity contribution in [3.8, 4) is 0 Å². The summed E-state index contributed by atoms with van der Waals surface area (Å²) in [4.78, 5) is 6.01. The van der Waals surface area contributed by atoms with Crippen LogP contribution < -0.4 is 5.32 Å². The van der Waals surface area contributed by atoms with Crippen molar-refractivity contribution in [2.75, 3.05) is 13.2 Å². The highest BCUT2D eigenvalue weighted by atomic mass is 32.1. The van der Waals surface area contributed by atoms with Crippen molar-refractivity contribution in [1.82, 2.24) is 20.1 Å². The molecule has 0 saturated heterocycles. The zero-order valence-electron chi connectivity index (χ0n) is 13.9. The summed E-state index contributed by atoms with van der Waals surface area (Å²) < 4.78 is 1.88. The molecule has 0 bridgehead atoms. The molecule has 2 heterocycles. The third-order valence-electron chi connectivity index (χ3n) is 3.93. The second-order valence-electron chi connectivity index (χ2n) is 5.49. The molecular formula is C16H26N4OS. The quantitative estimate of drug-likeness (QED) is 0.731. The number of hydrogen-bond acceptors (Lipinski definition) is 5. The van der Waals surface area contributed by atoms with Crippen LogP contribution in [0.1, 0.15) is 39.5 Å². The van der Waals surface area contributed by atoms with Crippen molar-refractivity contribution in [2.24, 2.45) is 0 Å². The summed E-state index contributed by atoms with van der Waals surface area (Å²) in [6.45, 7) is 10.8. The number of thiazole rings is 1. The molecule has 0 atom stereocenters. The number of aromatic nitrogens is 3. The fourth-order valence-corrected chi connectivity index (χ4v) is 3.65. The molecule has 2 aromatic rings. The first kappa shape index (κ1) is 17.1. The Morgan fingerprint density at radius 3 is 2.68 bits per heavy atom. The molecule has 0 radical (unpaired) electrons. The van der Waals surface area contributed by atoms with Crippen molar-refractivity contribution in [3.05, 3.63) is 32.5 Å². The fourth-order valence-electron chi connectivity index (χ4n) is 2.63. The van der Waals surface area contributed by atoms with Gasteiger partial charge in [0, 0.05) is 35.6 Å². The van der Waals surface area contributed by atoms with Gasteiger partial charge in [-0.3, -0.25) is 4.68 Å². The Morgan fingerprint density at radius 2 is 2.05 bits per heavy atom. The summed E-state index contributed by atoms with van der Waals surface area (Å²) in [5, 5.41) is 18.2. The predicted octanol–water partition coefficient (Wildman–Crippen LogP) is 2.15. The van der Waals surface area contributed by atoms with Crippen LogP contribution in [0.2, 0.25) is 0 Å². The van der Waals surface area contributed by atoms with E-state index in [0.29, 0.717) is 6.54 Å². The molecule has 0 spiro atoms. The van der Waals surface area contributed by atoms with E-state index < -0.39 is 0 Å². The van der Waals surface area contributed by atoms with Gasteiger partial charge in [-0.2, -0.15) is 5.10 Å². The van der Waals surface area contributed by atoms with Gasteiger partial charge in [0.25, 0.3) is 0 Å². The number of nitrogens with one attached hydrogen (secondary N) is 1. The predicted molar refractivity (Wildman–Crippen MR) is 90.4 cm³/mol. The molecule has 0 amide bonds. The van der Waals surface area contributed by atoms with E-state index in [2.05, 4.69) is 36.2 Å². The van der Waals surface area contributed by atoms with Crippen LogP contribution in [0.3, 0.4) is 0 Å². The largest absolute Gasteiger partial charge is 0.394 e. The van der Waals surface area contributed by atoms with Crippen LogP contribution in [0.4, 0.5) is 0 Å². The van der Waals surface area contributed by atoms with Gasteiger partial charge in [0.15, 0.2) is 0 Å². The first-order valence-corrected chi connectivity index (χ1v) is 8.68. The summed E-state index contributed by atoms with van der Waals surface area (Å²) in [6, 6.07) is 0. The zero-order valence-corrected chi connectivity index (χ0v) is 14.8. The fraction of sp³-hybridized carbons (Fsp3) is 0.625. The average molecular weight is 322 g/mol. The Morgan fingerprint density at radius 1 is 1.27 bits per heavy atom. The normalized spacial score (nSPS) is 11.3. The van der Waals surface area contributed by atoms with Crippen LogP contribution in [-0.2, 0) is 25.9 Å². The minimum absolute atomic E-state index is 0.123. The molecular weight excluding hydrogens is 296 g/mol. The third kappa shape index (κ3) is 3.94. The molecule has 22 heavy (non-hydrogen) atoms. The maximum absolute atomic E-state index is 9.05. The van der Waals surface area contributed by atoms with E-state index in [1.165, 1.54) is 21.1 Å². The molecule has 2 rings (SSSR count). The summed E-state index contributed by atoms with van der Waals surface area (Å²) in [5.74, 6) is 0. The van der Waals surface area contributed by atoms with Crippen molar-refractivity contribution in [2.45, 2.75) is 53.6 Å². The van der Waals surface area contributed by atoms with Crippen LogP contribution >= 0.6 is 11.3 Å². The first-order chi connectivity index (χ1) is 10.6. The Balaban J connectivity index is 1.86. The number of rotatable bonds is 8. The molecule has 0 aromatic carbocycles. The lowest BCUT2D eigenvalue weighted by molar-refractivity contribution is 0.267. The number of aliphatic hydroxyl groups is 1. The van der Waals surface area contributed by atoms with Gasteiger partial charge < -0.3 is 10.4 Å². The van der Waals surface area contributed by atoms with E-state index in [9.17, 15) is 0 Å². The van der Waals surface area contributed by atoms with Crippen molar-refractivity contribution < 1.29 is 5.11 Å². The average Bonchev–Trinajstić information content (AvgIpc) is 2.97. The minimum atomic E-state index is 0.123. The molecule has 0 fully saturated rings. The Kier molecular flexibility index (Phi) is 6.11. The van der Waals surface area contributed by atoms with Crippen LogP contribution in [0.5, 0.6) is 0 Å². The Labute approximate surface area is 136 Å². The van der Waals surface area contributed by atoms with Crippen LogP contribution in [0.15, 0.2) is 0 Å². The second-order valence-corrected chi connectivity index (χ2v) is 6.77. The lowest BCUT2D eigenvalue weighted by Crippen LogP contribution is -2.17. The highest BCUT2D eigenvalue weighted by molar-refractivity contribution is 7.11. The highest BCUT2D eigenvalue weighted by Crippen LogP contribution is 2.18. The topological polar surface area (TPSA) is 63.0 Å². The molecule has 0 saturated carbocycles. The van der Waals surface area contributed by atoms with Crippen LogP contribution in [0, 0.1) is 20.8 Å². The van der Waals surface area contributed by atoms with Crippen LogP contribution in [-0.4, -0.2) is 33.0 Å². The van der Waals surface area contributed by atoms with Gasteiger partial charge in [-0.1, -0.05) is 6.92 Å². The highest BCUT2D eigenvalue weighted by Gasteiger charge is 2.11. The first-order valence-electron chi connectivity index (χ1n) is 7.86. The van der Waals surface area contributed by atoms with Crippen molar-refractivity contribution in [3.63, 3.8) is 0 Å². The van der Waals surface area contributed by atoms with E-state index >= 15 is 0 Å². The lowest BCUT2D eigenvalue weighted by atomic mass is 10.2. The van der Waals surface area contributed by atoms with Crippen LogP contribution in [0.25, 0.3) is 0 Å². The van der Waals surface area contributed by atoms with E-state index in [1.807, 2.05) is 11.6 Å². The number of aliphatic hydroxyl groups excluding tert-OH is 1. The van der Waals surface area contributed by atoms with Gasteiger partial charge in [-0.25, -0.2) is 4.98 Å². The zero-order chi connectivity index (χ0) is 16.1. The lowest BCUT2D eigenvalue weighted by Gasteiger charge is -2.05. The maximum Gasteiger partial charge on any atom is 0.0943 e. The smallest absolute Gasteiger partial charge is 0.0943 e. The number of aryl methyl sites for hydroxylation is 3. The molecule has 0 aliphatic rings. The second kappa shape index (κ2) is 7.85.